The fourth-order valence-electron chi connectivity index (χ4n) is 1.77. The highest BCUT2D eigenvalue weighted by Gasteiger charge is 2.09. The van der Waals surface area contributed by atoms with Crippen molar-refractivity contribution in [2.45, 2.75) is 32.1 Å². The fourth-order valence-corrected chi connectivity index (χ4v) is 1.77. The molecule has 0 atom stereocenters. The minimum Gasteiger partial charge on any atom is -0.481 e. The number of carboxylic acids is 1. The van der Waals surface area contributed by atoms with E-state index in [2.05, 4.69) is 10.5 Å². The highest BCUT2D eigenvalue weighted by Crippen LogP contribution is 2.02. The fraction of sp³-hybridized carbons (Fsp3) is 0.357. The number of unbranched alkanes of at least 4 members (excludes halogenated alkanes) is 2. The van der Waals surface area contributed by atoms with Gasteiger partial charge in [0.25, 0.3) is 0 Å². The number of amides is 1. The number of carbonyl (C=O) groups is 2. The summed E-state index contributed by atoms with van der Waals surface area (Å²) in [4.78, 5) is 21.8. The number of benzene rings is 1. The van der Waals surface area contributed by atoms with Gasteiger partial charge in [0.15, 0.2) is 0 Å². The first kappa shape index (κ1) is 17.9. The van der Waals surface area contributed by atoms with Gasteiger partial charge in [-0.15, -0.1) is 0 Å². The van der Waals surface area contributed by atoms with Crippen LogP contribution in [-0.2, 0) is 9.59 Å². The van der Waals surface area contributed by atoms with Crippen molar-refractivity contribution in [1.29, 1.82) is 0 Å². The summed E-state index contributed by atoms with van der Waals surface area (Å²) in [5.41, 5.74) is 3.34. The molecule has 0 aromatic heterocycles. The first-order chi connectivity index (χ1) is 10.5. The summed E-state index contributed by atoms with van der Waals surface area (Å²) in [6.45, 7) is 0. The zero-order valence-electron chi connectivity index (χ0n) is 12.1. The Morgan fingerprint density at radius 1 is 1.18 bits per heavy atom. The van der Waals surface area contributed by atoms with Gasteiger partial charge in [-0.3, -0.25) is 9.59 Å². The molecule has 0 saturated carbocycles. The Kier molecular flexibility index (Phi) is 7.87. The summed E-state index contributed by atoms with van der Waals surface area (Å²) in [5, 5.41) is 30.3. The number of hydrogen-bond acceptors (Lipinski definition) is 5. The Morgan fingerprint density at radius 2 is 1.91 bits per heavy atom. The Bertz CT molecular complexity index is 534. The standard InChI is InChI=1S/C14H19BN2O5/c18-13(7-2-1-3-8-14(19)20)17-16-10-11-5-4-6-12(9-11)15(21)22/h4-6,9-10,21-22H,1-3,7-8H2,(H,17,18)(H,19,20)/b16-10+. The number of carbonyl (C=O) groups excluding carboxylic acids is 1. The molecule has 0 aliphatic heterocycles. The molecular weight excluding hydrogens is 287 g/mol. The van der Waals surface area contributed by atoms with Crippen LogP contribution in [0.2, 0.25) is 0 Å². The van der Waals surface area contributed by atoms with Crippen LogP contribution in [0.4, 0.5) is 0 Å². The third-order valence-corrected chi connectivity index (χ3v) is 2.91. The zero-order chi connectivity index (χ0) is 16.4. The van der Waals surface area contributed by atoms with E-state index in [1.165, 1.54) is 6.21 Å². The Morgan fingerprint density at radius 3 is 2.59 bits per heavy atom. The Labute approximate surface area is 128 Å². The molecule has 0 aliphatic carbocycles. The molecule has 0 radical (unpaired) electrons. The van der Waals surface area contributed by atoms with Gasteiger partial charge in [-0.2, -0.15) is 5.10 Å². The first-order valence-electron chi connectivity index (χ1n) is 6.99. The molecule has 4 N–H and O–H groups in total. The Hall–Kier alpha value is -2.19. The third kappa shape index (κ3) is 7.56. The van der Waals surface area contributed by atoms with Gasteiger partial charge in [0.05, 0.1) is 6.21 Å². The van der Waals surface area contributed by atoms with E-state index in [-0.39, 0.29) is 18.7 Å². The molecule has 0 heterocycles. The lowest BCUT2D eigenvalue weighted by Gasteiger charge is -2.01. The van der Waals surface area contributed by atoms with Crippen molar-refractivity contribution in [1.82, 2.24) is 5.43 Å². The number of carboxylic acid groups (broad SMARTS) is 1. The predicted octanol–water partition coefficient (Wildman–Crippen LogP) is -0.148. The molecule has 0 fully saturated rings. The number of nitrogens with one attached hydrogen (secondary N) is 1. The van der Waals surface area contributed by atoms with Crippen LogP contribution in [0, 0.1) is 0 Å². The number of aliphatic carboxylic acids is 1. The van der Waals surface area contributed by atoms with Gasteiger partial charge >= 0.3 is 13.1 Å². The van der Waals surface area contributed by atoms with E-state index in [9.17, 15) is 9.59 Å². The van der Waals surface area contributed by atoms with E-state index in [1.807, 2.05) is 0 Å². The number of nitrogens with zero attached hydrogens (tertiary/aromatic N) is 1. The van der Waals surface area contributed by atoms with Crippen molar-refractivity contribution in [3.05, 3.63) is 29.8 Å². The lowest BCUT2D eigenvalue weighted by atomic mass is 9.80. The summed E-state index contributed by atoms with van der Waals surface area (Å²) in [5.74, 6) is -1.07. The topological polar surface area (TPSA) is 119 Å². The van der Waals surface area contributed by atoms with E-state index in [0.29, 0.717) is 30.3 Å². The molecule has 1 aromatic carbocycles. The van der Waals surface area contributed by atoms with Crippen molar-refractivity contribution in [3.63, 3.8) is 0 Å². The molecule has 0 spiro atoms. The smallest absolute Gasteiger partial charge is 0.481 e. The van der Waals surface area contributed by atoms with Crippen LogP contribution in [-0.4, -0.2) is 40.4 Å². The van der Waals surface area contributed by atoms with Crippen LogP contribution in [0.15, 0.2) is 29.4 Å². The predicted molar refractivity (Wildman–Crippen MR) is 82.7 cm³/mol. The van der Waals surface area contributed by atoms with Gasteiger partial charge < -0.3 is 15.2 Å². The second-order valence-corrected chi connectivity index (χ2v) is 4.79. The lowest BCUT2D eigenvalue weighted by molar-refractivity contribution is -0.137. The molecule has 1 amide bonds. The van der Waals surface area contributed by atoms with Crippen molar-refractivity contribution in [2.75, 3.05) is 0 Å². The number of hydrazone groups is 1. The van der Waals surface area contributed by atoms with Gasteiger partial charge in [0.2, 0.25) is 5.91 Å². The van der Waals surface area contributed by atoms with Crippen LogP contribution in [0.5, 0.6) is 0 Å². The van der Waals surface area contributed by atoms with Gasteiger partial charge in [-0.05, 0) is 23.9 Å². The summed E-state index contributed by atoms with van der Waals surface area (Å²) >= 11 is 0. The van der Waals surface area contributed by atoms with Crippen LogP contribution >= 0.6 is 0 Å². The third-order valence-electron chi connectivity index (χ3n) is 2.91. The van der Waals surface area contributed by atoms with Crippen molar-refractivity contribution in [2.24, 2.45) is 5.10 Å². The van der Waals surface area contributed by atoms with E-state index in [4.69, 9.17) is 15.2 Å². The molecule has 0 unspecified atom stereocenters. The maximum absolute atomic E-state index is 11.5. The van der Waals surface area contributed by atoms with Gasteiger partial charge in [-0.25, -0.2) is 5.43 Å². The molecular formula is C14H19BN2O5. The van der Waals surface area contributed by atoms with Crippen LogP contribution in [0.3, 0.4) is 0 Å². The number of rotatable bonds is 9. The quantitative estimate of drug-likeness (QED) is 0.219. The molecule has 0 aliphatic rings. The van der Waals surface area contributed by atoms with Crippen molar-refractivity contribution in [3.8, 4) is 0 Å². The largest absolute Gasteiger partial charge is 0.488 e. The first-order valence-corrected chi connectivity index (χ1v) is 6.99. The van der Waals surface area contributed by atoms with E-state index >= 15 is 0 Å². The summed E-state index contributed by atoms with van der Waals surface area (Å²) in [6, 6.07) is 6.48. The summed E-state index contributed by atoms with van der Waals surface area (Å²) in [7, 11) is -1.55. The second kappa shape index (κ2) is 9.70. The highest BCUT2D eigenvalue weighted by molar-refractivity contribution is 6.58. The van der Waals surface area contributed by atoms with E-state index in [1.54, 1.807) is 24.3 Å². The van der Waals surface area contributed by atoms with E-state index in [0.717, 1.165) is 0 Å². The second-order valence-electron chi connectivity index (χ2n) is 4.79. The molecule has 7 nitrogen and oxygen atoms in total. The monoisotopic (exact) mass is 306 g/mol. The minimum atomic E-state index is -1.55. The Balaban J connectivity index is 2.28. The molecule has 0 bridgehead atoms. The van der Waals surface area contributed by atoms with Crippen LogP contribution in [0.25, 0.3) is 0 Å². The van der Waals surface area contributed by atoms with Crippen molar-refractivity contribution >= 4 is 30.7 Å². The van der Waals surface area contributed by atoms with Crippen molar-refractivity contribution < 1.29 is 24.7 Å². The van der Waals surface area contributed by atoms with Gasteiger partial charge in [0, 0.05) is 12.8 Å². The summed E-state index contributed by atoms with van der Waals surface area (Å²) in [6.07, 6.45) is 3.66. The molecule has 8 heteroatoms. The van der Waals surface area contributed by atoms with Gasteiger partial charge in [0.1, 0.15) is 0 Å². The van der Waals surface area contributed by atoms with Crippen LogP contribution in [0.1, 0.15) is 37.7 Å². The molecule has 22 heavy (non-hydrogen) atoms. The minimum absolute atomic E-state index is 0.118. The number of hydrogen-bond donors (Lipinski definition) is 4. The molecule has 0 saturated heterocycles. The SMILES string of the molecule is O=C(O)CCCCCC(=O)N/N=C/c1cccc(B(O)O)c1. The lowest BCUT2D eigenvalue weighted by Crippen LogP contribution is -2.29. The van der Waals surface area contributed by atoms with Crippen LogP contribution < -0.4 is 10.9 Å². The average molecular weight is 306 g/mol. The zero-order valence-corrected chi connectivity index (χ0v) is 12.1. The molecule has 118 valence electrons. The highest BCUT2D eigenvalue weighted by atomic mass is 16.4. The normalized spacial score (nSPS) is 10.6. The van der Waals surface area contributed by atoms with Gasteiger partial charge in [-0.1, -0.05) is 30.7 Å². The molecule has 1 aromatic rings. The average Bonchev–Trinajstić information content (AvgIpc) is 2.47. The summed E-state index contributed by atoms with van der Waals surface area (Å²) < 4.78 is 0. The molecule has 1 rings (SSSR count). The maximum Gasteiger partial charge on any atom is 0.488 e. The van der Waals surface area contributed by atoms with E-state index < -0.39 is 13.1 Å². The maximum atomic E-state index is 11.5.